The van der Waals surface area contributed by atoms with E-state index in [0.717, 1.165) is 0 Å². The van der Waals surface area contributed by atoms with Crippen LogP contribution < -0.4 is 5.32 Å². The Labute approximate surface area is 110 Å². The fourth-order valence-electron chi connectivity index (χ4n) is 1.45. The van der Waals surface area contributed by atoms with Crippen molar-refractivity contribution in [2.45, 2.75) is 26.3 Å². The highest BCUT2D eigenvalue weighted by Crippen LogP contribution is 2.15. The van der Waals surface area contributed by atoms with Crippen molar-refractivity contribution in [3.63, 3.8) is 0 Å². The topological polar surface area (TPSA) is 79.3 Å². The molecule has 98 valence electrons. The molecule has 0 spiro atoms. The molecule has 0 aromatic carbocycles. The van der Waals surface area contributed by atoms with E-state index in [1.807, 2.05) is 6.92 Å². The Bertz CT molecular complexity index is 451. The van der Waals surface area contributed by atoms with Gasteiger partial charge in [-0.2, -0.15) is 0 Å². The van der Waals surface area contributed by atoms with E-state index in [0.29, 0.717) is 6.42 Å². The summed E-state index contributed by atoms with van der Waals surface area (Å²) in [7, 11) is 0. The monoisotopic (exact) mass is 270 g/mol. The molecule has 0 bridgehead atoms. The highest BCUT2D eigenvalue weighted by Gasteiger charge is 2.26. The lowest BCUT2D eigenvalue weighted by molar-refractivity contribution is -0.140. The van der Waals surface area contributed by atoms with Crippen LogP contribution in [0.1, 0.15) is 30.6 Å². The zero-order valence-electron chi connectivity index (χ0n) is 10.2. The highest BCUT2D eigenvalue weighted by molar-refractivity contribution is 6.33. The molecule has 18 heavy (non-hydrogen) atoms. The van der Waals surface area contributed by atoms with E-state index in [-0.39, 0.29) is 16.5 Å². The average molecular weight is 271 g/mol. The zero-order chi connectivity index (χ0) is 13.7. The molecule has 2 unspecified atom stereocenters. The summed E-state index contributed by atoms with van der Waals surface area (Å²) in [5.74, 6) is -1.75. The van der Waals surface area contributed by atoms with Crippen molar-refractivity contribution in [3.05, 3.63) is 29.0 Å². The number of aliphatic carboxylic acids is 1. The van der Waals surface area contributed by atoms with Crippen molar-refractivity contribution in [3.8, 4) is 0 Å². The summed E-state index contributed by atoms with van der Waals surface area (Å²) in [6.07, 6.45) is 3.42. The molecule has 6 heteroatoms. The molecule has 1 heterocycles. The Morgan fingerprint density at radius 1 is 1.56 bits per heavy atom. The second kappa shape index (κ2) is 6.35. The van der Waals surface area contributed by atoms with Crippen molar-refractivity contribution in [2.24, 2.45) is 5.92 Å². The Balaban J connectivity index is 2.86. The number of hydrogen-bond donors (Lipinski definition) is 2. The molecule has 1 rings (SSSR count). The molecule has 1 aromatic heterocycles. The number of nitrogens with zero attached hydrogens (tertiary/aromatic N) is 1. The van der Waals surface area contributed by atoms with Crippen molar-refractivity contribution in [1.82, 2.24) is 10.3 Å². The minimum atomic E-state index is -1.06. The fourth-order valence-corrected chi connectivity index (χ4v) is 1.64. The van der Waals surface area contributed by atoms with Crippen LogP contribution in [0.25, 0.3) is 0 Å². The molecule has 0 saturated heterocycles. The Hall–Kier alpha value is -1.62. The standard InChI is InChI=1S/C12H15ClN2O3/c1-3-7(2)10(12(17)18)15-11(16)8-6-14-5-4-9(8)13/h4-7,10H,3H2,1-2H3,(H,15,16)(H,17,18). The number of amides is 1. The van der Waals surface area contributed by atoms with E-state index >= 15 is 0 Å². The number of rotatable bonds is 5. The highest BCUT2D eigenvalue weighted by atomic mass is 35.5. The van der Waals surface area contributed by atoms with Gasteiger partial charge in [0.25, 0.3) is 5.91 Å². The number of pyridine rings is 1. The molecule has 1 aromatic rings. The van der Waals surface area contributed by atoms with Gasteiger partial charge in [-0.25, -0.2) is 4.79 Å². The van der Waals surface area contributed by atoms with Gasteiger partial charge in [0.1, 0.15) is 6.04 Å². The lowest BCUT2D eigenvalue weighted by atomic mass is 9.99. The molecule has 0 aliphatic heterocycles. The quantitative estimate of drug-likeness (QED) is 0.857. The maximum absolute atomic E-state index is 11.9. The number of carbonyl (C=O) groups is 2. The SMILES string of the molecule is CCC(C)C(NC(=O)c1cnccc1Cl)C(=O)O. The maximum Gasteiger partial charge on any atom is 0.326 e. The number of carboxylic acid groups (broad SMARTS) is 1. The second-order valence-corrected chi connectivity index (χ2v) is 4.44. The molecular formula is C12H15ClN2O3. The first kappa shape index (κ1) is 14.4. The number of aromatic nitrogens is 1. The molecule has 5 nitrogen and oxygen atoms in total. The van der Waals surface area contributed by atoms with Crippen LogP contribution in [0.15, 0.2) is 18.5 Å². The largest absolute Gasteiger partial charge is 0.480 e. The van der Waals surface area contributed by atoms with E-state index < -0.39 is 17.9 Å². The molecule has 0 fully saturated rings. The summed E-state index contributed by atoms with van der Waals surface area (Å²) >= 11 is 5.85. The van der Waals surface area contributed by atoms with Gasteiger partial charge in [-0.05, 0) is 12.0 Å². The third-order valence-corrected chi connectivity index (χ3v) is 3.11. The third kappa shape index (κ3) is 3.43. The van der Waals surface area contributed by atoms with Crippen molar-refractivity contribution >= 4 is 23.5 Å². The van der Waals surface area contributed by atoms with Gasteiger partial charge in [0, 0.05) is 12.4 Å². The number of halogens is 1. The zero-order valence-corrected chi connectivity index (χ0v) is 10.9. The smallest absolute Gasteiger partial charge is 0.326 e. The molecule has 2 atom stereocenters. The summed E-state index contributed by atoms with van der Waals surface area (Å²) < 4.78 is 0. The van der Waals surface area contributed by atoms with Crippen LogP contribution in [0.2, 0.25) is 5.02 Å². The first-order chi connectivity index (χ1) is 8.47. The van der Waals surface area contributed by atoms with E-state index in [1.54, 1.807) is 6.92 Å². The van der Waals surface area contributed by atoms with Gasteiger partial charge in [-0.1, -0.05) is 31.9 Å². The van der Waals surface area contributed by atoms with Gasteiger partial charge < -0.3 is 10.4 Å². The maximum atomic E-state index is 11.9. The van der Waals surface area contributed by atoms with Crippen LogP contribution in [-0.2, 0) is 4.79 Å². The fraction of sp³-hybridized carbons (Fsp3) is 0.417. The summed E-state index contributed by atoms with van der Waals surface area (Å²) in [5.41, 5.74) is 0.175. The summed E-state index contributed by atoms with van der Waals surface area (Å²) in [5, 5.41) is 11.8. The van der Waals surface area contributed by atoms with Gasteiger partial charge in [-0.3, -0.25) is 9.78 Å². The van der Waals surface area contributed by atoms with Crippen LogP contribution in [0, 0.1) is 5.92 Å². The number of carbonyl (C=O) groups excluding carboxylic acids is 1. The lowest BCUT2D eigenvalue weighted by Gasteiger charge is -2.20. The van der Waals surface area contributed by atoms with Crippen LogP contribution in [0.3, 0.4) is 0 Å². The van der Waals surface area contributed by atoms with Gasteiger partial charge >= 0.3 is 5.97 Å². The number of carboxylic acids is 1. The van der Waals surface area contributed by atoms with Crippen LogP contribution in [-0.4, -0.2) is 28.0 Å². The van der Waals surface area contributed by atoms with Crippen molar-refractivity contribution < 1.29 is 14.7 Å². The van der Waals surface area contributed by atoms with Gasteiger partial charge in [0.05, 0.1) is 10.6 Å². The normalized spacial score (nSPS) is 13.7. The van der Waals surface area contributed by atoms with Gasteiger partial charge in [0.15, 0.2) is 0 Å². The first-order valence-electron chi connectivity index (χ1n) is 5.60. The summed E-state index contributed by atoms with van der Waals surface area (Å²) in [4.78, 5) is 26.8. The number of hydrogen-bond acceptors (Lipinski definition) is 3. The molecule has 0 saturated carbocycles. The average Bonchev–Trinajstić information content (AvgIpc) is 2.35. The van der Waals surface area contributed by atoms with E-state index in [9.17, 15) is 9.59 Å². The molecule has 0 aliphatic carbocycles. The second-order valence-electron chi connectivity index (χ2n) is 4.03. The summed E-state index contributed by atoms with van der Waals surface area (Å²) in [6.45, 7) is 3.63. The Morgan fingerprint density at radius 3 is 2.72 bits per heavy atom. The Kier molecular flexibility index (Phi) is 5.09. The first-order valence-corrected chi connectivity index (χ1v) is 5.98. The molecule has 2 N–H and O–H groups in total. The molecular weight excluding hydrogens is 256 g/mol. The van der Waals surface area contributed by atoms with Crippen molar-refractivity contribution in [2.75, 3.05) is 0 Å². The van der Waals surface area contributed by atoms with Crippen LogP contribution >= 0.6 is 11.6 Å². The molecule has 1 amide bonds. The van der Waals surface area contributed by atoms with Crippen LogP contribution in [0.4, 0.5) is 0 Å². The number of nitrogens with one attached hydrogen (secondary N) is 1. The van der Waals surface area contributed by atoms with E-state index in [4.69, 9.17) is 16.7 Å². The summed E-state index contributed by atoms with van der Waals surface area (Å²) in [6, 6.07) is 0.550. The van der Waals surface area contributed by atoms with E-state index in [2.05, 4.69) is 10.3 Å². The minimum Gasteiger partial charge on any atom is -0.480 e. The van der Waals surface area contributed by atoms with Gasteiger partial charge in [0.2, 0.25) is 0 Å². The third-order valence-electron chi connectivity index (χ3n) is 2.78. The van der Waals surface area contributed by atoms with Crippen LogP contribution in [0.5, 0.6) is 0 Å². The molecule has 0 radical (unpaired) electrons. The van der Waals surface area contributed by atoms with Gasteiger partial charge in [-0.15, -0.1) is 0 Å². The Morgan fingerprint density at radius 2 is 2.22 bits per heavy atom. The molecule has 0 aliphatic rings. The van der Waals surface area contributed by atoms with E-state index in [1.165, 1.54) is 18.5 Å². The van der Waals surface area contributed by atoms with Crippen molar-refractivity contribution in [1.29, 1.82) is 0 Å². The predicted octanol–water partition coefficient (Wildman–Crippen LogP) is 1.96. The lowest BCUT2D eigenvalue weighted by Crippen LogP contribution is -2.45. The predicted molar refractivity (Wildman–Crippen MR) is 67.6 cm³/mol. The minimum absolute atomic E-state index is 0.165.